The topological polar surface area (TPSA) is 15.3 Å². The fraction of sp³-hybridized carbons (Fsp3) is 1.00. The van der Waals surface area contributed by atoms with Gasteiger partial charge in [-0.25, -0.2) is 0 Å². The third kappa shape index (κ3) is 3.71. The predicted octanol–water partition coefficient (Wildman–Crippen LogP) is 3.42. The second-order valence-electron chi connectivity index (χ2n) is 6.38. The summed E-state index contributed by atoms with van der Waals surface area (Å²) in [5.74, 6) is 1.03. The van der Waals surface area contributed by atoms with E-state index < -0.39 is 0 Å². The van der Waals surface area contributed by atoms with Crippen molar-refractivity contribution in [3.8, 4) is 0 Å². The molecule has 3 atom stereocenters. The SMILES string of the molecule is CCCNCCC(C)N1CCC[C@H]2CCCC[C@H]21. The fourth-order valence-corrected chi connectivity index (χ4v) is 3.99. The third-order valence-corrected chi connectivity index (χ3v) is 5.02. The Morgan fingerprint density at radius 1 is 1.11 bits per heavy atom. The molecule has 18 heavy (non-hydrogen) atoms. The maximum atomic E-state index is 3.55. The van der Waals surface area contributed by atoms with E-state index in [0.717, 1.165) is 18.0 Å². The average molecular weight is 252 g/mol. The highest BCUT2D eigenvalue weighted by Crippen LogP contribution is 2.36. The van der Waals surface area contributed by atoms with Crippen molar-refractivity contribution in [2.24, 2.45) is 5.92 Å². The summed E-state index contributed by atoms with van der Waals surface area (Å²) in [6, 6.07) is 1.70. The number of fused-ring (bicyclic) bond motifs is 1. The first-order valence-corrected chi connectivity index (χ1v) is 8.29. The van der Waals surface area contributed by atoms with Crippen LogP contribution in [-0.2, 0) is 0 Å². The Morgan fingerprint density at radius 2 is 1.89 bits per heavy atom. The summed E-state index contributed by atoms with van der Waals surface area (Å²) in [6.45, 7) is 8.43. The quantitative estimate of drug-likeness (QED) is 0.729. The molecule has 1 heterocycles. The maximum Gasteiger partial charge on any atom is 0.0126 e. The molecule has 1 aliphatic carbocycles. The number of nitrogens with zero attached hydrogens (tertiary/aromatic N) is 1. The molecule has 1 N–H and O–H groups in total. The Morgan fingerprint density at radius 3 is 2.72 bits per heavy atom. The van der Waals surface area contributed by atoms with E-state index in [0.29, 0.717) is 0 Å². The van der Waals surface area contributed by atoms with Gasteiger partial charge in [-0.1, -0.05) is 19.8 Å². The highest BCUT2D eigenvalue weighted by molar-refractivity contribution is 4.89. The van der Waals surface area contributed by atoms with E-state index in [1.54, 1.807) is 0 Å². The van der Waals surface area contributed by atoms with E-state index in [2.05, 4.69) is 24.1 Å². The Kier molecular flexibility index (Phi) is 5.97. The Hall–Kier alpha value is -0.0800. The Labute approximate surface area is 114 Å². The molecule has 0 aromatic rings. The van der Waals surface area contributed by atoms with Crippen molar-refractivity contribution in [1.29, 1.82) is 0 Å². The molecule has 0 aromatic carbocycles. The fourth-order valence-electron chi connectivity index (χ4n) is 3.99. The van der Waals surface area contributed by atoms with Gasteiger partial charge in [0, 0.05) is 12.1 Å². The van der Waals surface area contributed by atoms with Crippen LogP contribution in [0.25, 0.3) is 0 Å². The summed E-state index contributed by atoms with van der Waals surface area (Å²) in [5, 5.41) is 3.55. The summed E-state index contributed by atoms with van der Waals surface area (Å²) in [4.78, 5) is 2.85. The van der Waals surface area contributed by atoms with E-state index in [4.69, 9.17) is 0 Å². The highest BCUT2D eigenvalue weighted by Gasteiger charge is 2.34. The van der Waals surface area contributed by atoms with Gasteiger partial charge in [0.2, 0.25) is 0 Å². The molecule has 0 spiro atoms. The lowest BCUT2D eigenvalue weighted by Crippen LogP contribution is -2.51. The van der Waals surface area contributed by atoms with E-state index >= 15 is 0 Å². The minimum absolute atomic E-state index is 0.778. The number of hydrogen-bond acceptors (Lipinski definition) is 2. The molecular weight excluding hydrogens is 220 g/mol. The molecule has 2 fully saturated rings. The summed E-state index contributed by atoms with van der Waals surface area (Å²) in [6.07, 6.45) is 11.4. The van der Waals surface area contributed by atoms with E-state index in [1.807, 2.05) is 0 Å². The first kappa shape index (κ1) is 14.3. The van der Waals surface area contributed by atoms with Crippen molar-refractivity contribution >= 4 is 0 Å². The van der Waals surface area contributed by atoms with Crippen LogP contribution in [0.5, 0.6) is 0 Å². The highest BCUT2D eigenvalue weighted by atomic mass is 15.2. The van der Waals surface area contributed by atoms with Gasteiger partial charge in [-0.05, 0) is 71.0 Å². The first-order chi connectivity index (χ1) is 8.83. The predicted molar refractivity (Wildman–Crippen MR) is 78.9 cm³/mol. The van der Waals surface area contributed by atoms with E-state index in [1.165, 1.54) is 71.0 Å². The monoisotopic (exact) mass is 252 g/mol. The first-order valence-electron chi connectivity index (χ1n) is 8.29. The van der Waals surface area contributed by atoms with Crippen molar-refractivity contribution < 1.29 is 0 Å². The second-order valence-corrected chi connectivity index (χ2v) is 6.38. The average Bonchev–Trinajstić information content (AvgIpc) is 2.43. The molecule has 106 valence electrons. The minimum atomic E-state index is 0.778. The van der Waals surface area contributed by atoms with Gasteiger partial charge in [0.25, 0.3) is 0 Å². The summed E-state index contributed by atoms with van der Waals surface area (Å²) in [5.41, 5.74) is 0. The zero-order valence-corrected chi connectivity index (χ0v) is 12.5. The van der Waals surface area contributed by atoms with Crippen LogP contribution in [0.2, 0.25) is 0 Å². The summed E-state index contributed by atoms with van der Waals surface area (Å²) >= 11 is 0. The van der Waals surface area contributed by atoms with Crippen molar-refractivity contribution in [2.45, 2.75) is 77.3 Å². The molecule has 2 heteroatoms. The number of nitrogens with one attached hydrogen (secondary N) is 1. The molecule has 1 unspecified atom stereocenters. The van der Waals surface area contributed by atoms with Gasteiger partial charge in [0.15, 0.2) is 0 Å². The normalized spacial score (nSPS) is 31.0. The third-order valence-electron chi connectivity index (χ3n) is 5.02. The molecule has 0 radical (unpaired) electrons. The lowest BCUT2D eigenvalue weighted by Gasteiger charge is -2.47. The zero-order chi connectivity index (χ0) is 12.8. The number of likely N-dealkylation sites (tertiary alicyclic amines) is 1. The summed E-state index contributed by atoms with van der Waals surface area (Å²) < 4.78 is 0. The minimum Gasteiger partial charge on any atom is -0.317 e. The van der Waals surface area contributed by atoms with Crippen LogP contribution in [0.15, 0.2) is 0 Å². The van der Waals surface area contributed by atoms with Gasteiger partial charge in [0.05, 0.1) is 0 Å². The summed E-state index contributed by atoms with van der Waals surface area (Å²) in [7, 11) is 0. The Bertz CT molecular complexity index is 227. The lowest BCUT2D eigenvalue weighted by atomic mass is 9.77. The van der Waals surface area contributed by atoms with E-state index in [-0.39, 0.29) is 0 Å². The van der Waals surface area contributed by atoms with Crippen LogP contribution in [0.1, 0.15) is 65.2 Å². The molecule has 0 aromatic heterocycles. The number of hydrogen-bond donors (Lipinski definition) is 1. The molecule has 0 amide bonds. The smallest absolute Gasteiger partial charge is 0.0126 e. The van der Waals surface area contributed by atoms with Crippen molar-refractivity contribution in [3.05, 3.63) is 0 Å². The standard InChI is InChI=1S/C16H32N2/c1-3-11-17-12-10-14(2)18-13-6-8-15-7-4-5-9-16(15)18/h14-17H,3-13H2,1-2H3/t14?,15-,16-/m1/s1. The maximum absolute atomic E-state index is 3.55. The molecule has 1 saturated heterocycles. The van der Waals surface area contributed by atoms with Gasteiger partial charge in [-0.3, -0.25) is 4.90 Å². The van der Waals surface area contributed by atoms with Crippen molar-refractivity contribution in [1.82, 2.24) is 10.2 Å². The lowest BCUT2D eigenvalue weighted by molar-refractivity contribution is 0.0289. The molecule has 2 nitrogen and oxygen atoms in total. The largest absolute Gasteiger partial charge is 0.317 e. The van der Waals surface area contributed by atoms with Crippen LogP contribution in [0.4, 0.5) is 0 Å². The van der Waals surface area contributed by atoms with Crippen LogP contribution >= 0.6 is 0 Å². The van der Waals surface area contributed by atoms with E-state index in [9.17, 15) is 0 Å². The molecule has 0 bridgehead atoms. The van der Waals surface area contributed by atoms with Crippen molar-refractivity contribution in [3.63, 3.8) is 0 Å². The molecule has 2 rings (SSSR count). The van der Waals surface area contributed by atoms with Gasteiger partial charge >= 0.3 is 0 Å². The van der Waals surface area contributed by atoms with Crippen LogP contribution in [-0.4, -0.2) is 36.6 Å². The van der Waals surface area contributed by atoms with Crippen LogP contribution < -0.4 is 5.32 Å². The van der Waals surface area contributed by atoms with Gasteiger partial charge in [0.1, 0.15) is 0 Å². The molecule has 1 saturated carbocycles. The molecular formula is C16H32N2. The van der Waals surface area contributed by atoms with Gasteiger partial charge in [-0.2, -0.15) is 0 Å². The van der Waals surface area contributed by atoms with Gasteiger partial charge < -0.3 is 5.32 Å². The van der Waals surface area contributed by atoms with Crippen LogP contribution in [0.3, 0.4) is 0 Å². The van der Waals surface area contributed by atoms with Crippen LogP contribution in [0, 0.1) is 5.92 Å². The Balaban J connectivity index is 1.78. The van der Waals surface area contributed by atoms with Gasteiger partial charge in [-0.15, -0.1) is 0 Å². The number of piperidine rings is 1. The van der Waals surface area contributed by atoms with Crippen molar-refractivity contribution in [2.75, 3.05) is 19.6 Å². The number of rotatable bonds is 6. The second kappa shape index (κ2) is 7.49. The molecule has 1 aliphatic heterocycles. The molecule has 2 aliphatic rings. The zero-order valence-electron chi connectivity index (χ0n) is 12.5.